The van der Waals surface area contributed by atoms with Gasteiger partial charge in [-0.15, -0.1) is 0 Å². The minimum atomic E-state index is -3.75. The Morgan fingerprint density at radius 3 is 2.53 bits per heavy atom. The quantitative estimate of drug-likeness (QED) is 0.515. The number of halogens is 1. The summed E-state index contributed by atoms with van der Waals surface area (Å²) >= 11 is 6.23. The first kappa shape index (κ1) is 26.7. The summed E-state index contributed by atoms with van der Waals surface area (Å²) in [6.45, 7) is 6.68. The fourth-order valence-electron chi connectivity index (χ4n) is 4.74. The van der Waals surface area contributed by atoms with Gasteiger partial charge in [-0.05, 0) is 43.5 Å². The number of hydrogen-bond acceptors (Lipinski definition) is 5. The first-order chi connectivity index (χ1) is 17.4. The van der Waals surface area contributed by atoms with Crippen molar-refractivity contribution in [1.82, 2.24) is 14.1 Å². The summed E-state index contributed by atoms with van der Waals surface area (Å²) in [5.74, 6) is 0.190. The molecule has 194 valence electrons. The third-order valence-electron chi connectivity index (χ3n) is 6.73. The van der Waals surface area contributed by atoms with Crippen LogP contribution in [0.5, 0.6) is 5.75 Å². The highest BCUT2D eigenvalue weighted by atomic mass is 35.5. The van der Waals surface area contributed by atoms with Gasteiger partial charge >= 0.3 is 0 Å². The topological polar surface area (TPSA) is 70.2 Å². The van der Waals surface area contributed by atoms with E-state index in [0.29, 0.717) is 44.8 Å². The van der Waals surface area contributed by atoms with E-state index in [2.05, 4.69) is 29.2 Å². The van der Waals surface area contributed by atoms with Gasteiger partial charge in [-0.1, -0.05) is 54.1 Å². The van der Waals surface area contributed by atoms with Crippen LogP contribution in [-0.2, 0) is 14.8 Å². The number of carbonyl (C=O) groups is 1. The molecule has 0 saturated carbocycles. The van der Waals surface area contributed by atoms with Crippen molar-refractivity contribution in [2.75, 3.05) is 52.4 Å². The molecule has 7 nitrogen and oxygen atoms in total. The number of hydrogen-bond donors (Lipinski definition) is 0. The average molecular weight is 532 g/mol. The lowest BCUT2D eigenvalue weighted by Gasteiger charge is -2.38. The molecule has 36 heavy (non-hydrogen) atoms. The van der Waals surface area contributed by atoms with Gasteiger partial charge in [0.15, 0.2) is 0 Å². The van der Waals surface area contributed by atoms with Crippen molar-refractivity contribution in [2.45, 2.75) is 24.7 Å². The van der Waals surface area contributed by atoms with E-state index < -0.39 is 10.0 Å². The molecule has 2 fully saturated rings. The number of nitrogens with zero attached hydrogens (tertiary/aromatic N) is 3. The molecule has 2 aromatic carbocycles. The maximum atomic E-state index is 13.3. The van der Waals surface area contributed by atoms with Crippen molar-refractivity contribution in [3.05, 3.63) is 65.2 Å². The number of sulfonamides is 1. The number of benzene rings is 2. The second kappa shape index (κ2) is 12.2. The zero-order valence-corrected chi connectivity index (χ0v) is 22.3. The van der Waals surface area contributed by atoms with Gasteiger partial charge in [0.2, 0.25) is 15.9 Å². The normalized spacial score (nSPS) is 20.1. The molecule has 0 N–H and O–H groups in total. The van der Waals surface area contributed by atoms with Crippen molar-refractivity contribution < 1.29 is 17.9 Å². The van der Waals surface area contributed by atoms with Crippen LogP contribution in [0.1, 0.15) is 25.3 Å². The van der Waals surface area contributed by atoms with Crippen LogP contribution in [0.3, 0.4) is 0 Å². The summed E-state index contributed by atoms with van der Waals surface area (Å²) in [4.78, 5) is 17.6. The molecule has 2 aliphatic rings. The van der Waals surface area contributed by atoms with E-state index in [0.717, 1.165) is 19.6 Å². The molecular weight excluding hydrogens is 498 g/mol. The smallest absolute Gasteiger partial charge is 0.243 e. The molecule has 0 spiro atoms. The van der Waals surface area contributed by atoms with Gasteiger partial charge in [0.25, 0.3) is 0 Å². The van der Waals surface area contributed by atoms with Crippen molar-refractivity contribution in [1.29, 1.82) is 0 Å². The summed E-state index contributed by atoms with van der Waals surface area (Å²) < 4.78 is 33.4. The molecule has 2 heterocycles. The van der Waals surface area contributed by atoms with Crippen molar-refractivity contribution >= 4 is 33.6 Å². The monoisotopic (exact) mass is 531 g/mol. The van der Waals surface area contributed by atoms with Gasteiger partial charge in [0, 0.05) is 45.8 Å². The van der Waals surface area contributed by atoms with Gasteiger partial charge in [0.1, 0.15) is 5.75 Å². The van der Waals surface area contributed by atoms with Gasteiger partial charge in [-0.25, -0.2) is 8.42 Å². The number of piperidine rings is 1. The Kier molecular flexibility index (Phi) is 9.06. The third-order valence-corrected chi connectivity index (χ3v) is 8.89. The van der Waals surface area contributed by atoms with Crippen molar-refractivity contribution in [3.8, 4) is 5.75 Å². The SMILES string of the molecule is CCOc1ccc(S(=O)(=O)N2CCC[C@H](C(=O)N3CCN(C/C=C/c4ccccc4)CC3)C2)cc1Cl. The summed E-state index contributed by atoms with van der Waals surface area (Å²) in [7, 11) is -3.75. The Balaban J connectivity index is 1.31. The number of amides is 1. The molecule has 0 unspecified atom stereocenters. The largest absolute Gasteiger partial charge is 0.492 e. The van der Waals surface area contributed by atoms with Crippen molar-refractivity contribution in [2.24, 2.45) is 5.92 Å². The molecule has 0 aliphatic carbocycles. The van der Waals surface area contributed by atoms with E-state index in [-0.39, 0.29) is 28.3 Å². The highest BCUT2D eigenvalue weighted by Crippen LogP contribution is 2.31. The lowest BCUT2D eigenvalue weighted by molar-refractivity contribution is -0.138. The molecule has 0 radical (unpaired) electrons. The fraction of sp³-hybridized carbons (Fsp3) is 0.444. The summed E-state index contributed by atoms with van der Waals surface area (Å²) in [5.41, 5.74) is 1.18. The van der Waals surface area contributed by atoms with Crippen LogP contribution in [0, 0.1) is 5.92 Å². The summed E-state index contributed by atoms with van der Waals surface area (Å²) in [6.07, 6.45) is 5.63. The molecule has 1 amide bonds. The fourth-order valence-corrected chi connectivity index (χ4v) is 6.59. The van der Waals surface area contributed by atoms with Gasteiger partial charge in [-0.3, -0.25) is 9.69 Å². The predicted octanol–water partition coefficient (Wildman–Crippen LogP) is 4.00. The zero-order valence-electron chi connectivity index (χ0n) is 20.7. The summed E-state index contributed by atoms with van der Waals surface area (Å²) in [5, 5.41) is 0.263. The highest BCUT2D eigenvalue weighted by molar-refractivity contribution is 7.89. The van der Waals surface area contributed by atoms with Crippen LogP contribution in [0.4, 0.5) is 0 Å². The first-order valence-corrected chi connectivity index (χ1v) is 14.4. The van der Waals surface area contributed by atoms with E-state index in [1.165, 1.54) is 22.0 Å². The van der Waals surface area contributed by atoms with Crippen LogP contribution in [-0.4, -0.2) is 80.9 Å². The van der Waals surface area contributed by atoms with Crippen LogP contribution >= 0.6 is 11.6 Å². The van der Waals surface area contributed by atoms with Gasteiger partial charge in [0.05, 0.1) is 22.4 Å². The molecule has 4 rings (SSSR count). The minimum Gasteiger partial charge on any atom is -0.492 e. The molecular formula is C27H34ClN3O4S. The van der Waals surface area contributed by atoms with Crippen molar-refractivity contribution in [3.63, 3.8) is 0 Å². The summed E-state index contributed by atoms with van der Waals surface area (Å²) in [6, 6.07) is 14.7. The number of piperazine rings is 1. The maximum absolute atomic E-state index is 13.3. The zero-order chi connectivity index (χ0) is 25.5. The Hall–Kier alpha value is -2.39. The van der Waals surface area contributed by atoms with Crippen LogP contribution < -0.4 is 4.74 Å². The molecule has 1 atom stereocenters. The number of rotatable bonds is 8. The lowest BCUT2D eigenvalue weighted by atomic mass is 9.98. The third kappa shape index (κ3) is 6.48. The Morgan fingerprint density at radius 2 is 1.83 bits per heavy atom. The van der Waals surface area contributed by atoms with E-state index in [1.54, 1.807) is 6.07 Å². The lowest BCUT2D eigenvalue weighted by Crippen LogP contribution is -2.53. The number of carbonyl (C=O) groups excluding carboxylic acids is 1. The van der Waals surface area contributed by atoms with Crippen LogP contribution in [0.15, 0.2) is 59.5 Å². The van der Waals surface area contributed by atoms with E-state index in [4.69, 9.17) is 16.3 Å². The molecule has 0 aromatic heterocycles. The van der Waals surface area contributed by atoms with E-state index in [1.807, 2.05) is 30.0 Å². The standard InChI is InChI=1S/C27H34ClN3O4S/c1-2-35-26-13-12-24(20-25(26)28)36(33,34)31-15-7-11-23(21-31)27(32)30-18-16-29(17-19-30)14-6-10-22-8-4-3-5-9-22/h3-6,8-10,12-13,20,23H,2,7,11,14-19,21H2,1H3/b10-6+/t23-/m0/s1. The molecule has 9 heteroatoms. The molecule has 2 saturated heterocycles. The highest BCUT2D eigenvalue weighted by Gasteiger charge is 2.36. The van der Waals surface area contributed by atoms with Gasteiger partial charge < -0.3 is 9.64 Å². The van der Waals surface area contributed by atoms with Crippen LogP contribution in [0.25, 0.3) is 6.08 Å². The second-order valence-electron chi connectivity index (χ2n) is 9.17. The van der Waals surface area contributed by atoms with E-state index in [9.17, 15) is 13.2 Å². The van der Waals surface area contributed by atoms with Gasteiger partial charge in [-0.2, -0.15) is 4.31 Å². The molecule has 0 bridgehead atoms. The Bertz CT molecular complexity index is 1160. The Labute approximate surface area is 219 Å². The Morgan fingerprint density at radius 1 is 1.08 bits per heavy atom. The molecule has 2 aliphatic heterocycles. The second-order valence-corrected chi connectivity index (χ2v) is 11.5. The maximum Gasteiger partial charge on any atom is 0.243 e. The predicted molar refractivity (Wildman–Crippen MR) is 143 cm³/mol. The minimum absolute atomic E-state index is 0.0547. The molecule has 2 aromatic rings. The number of ether oxygens (including phenoxy) is 1. The first-order valence-electron chi connectivity index (χ1n) is 12.5. The van der Waals surface area contributed by atoms with E-state index >= 15 is 0 Å². The van der Waals surface area contributed by atoms with Crippen LogP contribution in [0.2, 0.25) is 5.02 Å². The average Bonchev–Trinajstić information content (AvgIpc) is 2.90.